The lowest BCUT2D eigenvalue weighted by molar-refractivity contribution is -0.148. The van der Waals surface area contributed by atoms with Crippen LogP contribution in [0.4, 0.5) is 4.39 Å². The van der Waals surface area contributed by atoms with E-state index in [9.17, 15) is 22.4 Å². The average molecular weight is 358 g/mol. The molecular formula is C15H19FN2O5S. The number of carbonyl (C=O) groups is 2. The fraction of sp³-hybridized carbons (Fsp3) is 0.467. The summed E-state index contributed by atoms with van der Waals surface area (Å²) >= 11 is 0. The Morgan fingerprint density at radius 3 is 2.54 bits per heavy atom. The largest absolute Gasteiger partial charge is 0.480 e. The van der Waals surface area contributed by atoms with Gasteiger partial charge in [-0.15, -0.1) is 0 Å². The van der Waals surface area contributed by atoms with Crippen molar-refractivity contribution in [3.8, 4) is 0 Å². The highest BCUT2D eigenvalue weighted by Crippen LogP contribution is 2.20. The number of halogens is 1. The summed E-state index contributed by atoms with van der Waals surface area (Å²) in [6, 6.07) is 2.23. The summed E-state index contributed by atoms with van der Waals surface area (Å²) in [5.74, 6) is -2.23. The first kappa shape index (κ1) is 18.3. The maximum Gasteiger partial charge on any atom is 0.326 e. The quantitative estimate of drug-likeness (QED) is 0.788. The minimum Gasteiger partial charge on any atom is -0.480 e. The van der Waals surface area contributed by atoms with E-state index >= 15 is 0 Å². The molecule has 1 saturated heterocycles. The molecule has 1 aliphatic rings. The van der Waals surface area contributed by atoms with Gasteiger partial charge in [0.05, 0.1) is 4.90 Å². The van der Waals surface area contributed by atoms with Gasteiger partial charge < -0.3 is 10.0 Å². The standard InChI is InChI=1S/C15H19FN2O5S/c1-2-12(14(19)18-9-3-4-13(18)15(20)21)17-24(22,23)11-7-5-10(16)6-8-11/h5-8,12-13,17H,2-4,9H2,1H3,(H,20,21). The van der Waals surface area contributed by atoms with Crippen molar-refractivity contribution in [2.24, 2.45) is 0 Å². The number of likely N-dealkylation sites (tertiary alicyclic amines) is 1. The second kappa shape index (κ2) is 7.27. The van der Waals surface area contributed by atoms with E-state index in [1.165, 1.54) is 4.90 Å². The van der Waals surface area contributed by atoms with E-state index in [-0.39, 0.29) is 17.9 Å². The summed E-state index contributed by atoms with van der Waals surface area (Å²) in [4.78, 5) is 24.8. The van der Waals surface area contributed by atoms with Crippen LogP contribution in [0, 0.1) is 5.82 Å². The lowest BCUT2D eigenvalue weighted by Gasteiger charge is -2.26. The monoisotopic (exact) mass is 358 g/mol. The van der Waals surface area contributed by atoms with E-state index in [1.807, 2.05) is 0 Å². The van der Waals surface area contributed by atoms with Gasteiger partial charge in [-0.25, -0.2) is 17.6 Å². The Kier molecular flexibility index (Phi) is 5.55. The summed E-state index contributed by atoms with van der Waals surface area (Å²) in [5.41, 5.74) is 0. The molecule has 2 rings (SSSR count). The second-order valence-corrected chi connectivity index (χ2v) is 7.28. The molecule has 2 N–H and O–H groups in total. The van der Waals surface area contributed by atoms with Crippen molar-refractivity contribution < 1.29 is 27.5 Å². The van der Waals surface area contributed by atoms with Crippen molar-refractivity contribution in [2.45, 2.75) is 43.2 Å². The molecule has 1 fully saturated rings. The first-order valence-electron chi connectivity index (χ1n) is 7.57. The van der Waals surface area contributed by atoms with Crippen molar-refractivity contribution in [3.63, 3.8) is 0 Å². The van der Waals surface area contributed by atoms with Crippen LogP contribution in [0.5, 0.6) is 0 Å². The van der Waals surface area contributed by atoms with Crippen LogP contribution >= 0.6 is 0 Å². The molecule has 24 heavy (non-hydrogen) atoms. The van der Waals surface area contributed by atoms with Gasteiger partial charge in [-0.3, -0.25) is 4.79 Å². The molecule has 0 saturated carbocycles. The molecule has 0 bridgehead atoms. The smallest absolute Gasteiger partial charge is 0.326 e. The third-order valence-electron chi connectivity index (χ3n) is 3.95. The van der Waals surface area contributed by atoms with Crippen LogP contribution in [0.25, 0.3) is 0 Å². The molecule has 1 aromatic carbocycles. The zero-order valence-electron chi connectivity index (χ0n) is 13.1. The zero-order valence-corrected chi connectivity index (χ0v) is 13.9. The maximum atomic E-state index is 12.9. The van der Waals surface area contributed by atoms with Crippen LogP contribution < -0.4 is 4.72 Å². The van der Waals surface area contributed by atoms with E-state index < -0.39 is 39.8 Å². The van der Waals surface area contributed by atoms with Gasteiger partial charge in [-0.1, -0.05) is 6.92 Å². The van der Waals surface area contributed by atoms with Gasteiger partial charge in [0, 0.05) is 6.54 Å². The normalized spacial score (nSPS) is 19.2. The van der Waals surface area contributed by atoms with E-state index in [4.69, 9.17) is 5.11 Å². The Bertz CT molecular complexity index is 720. The van der Waals surface area contributed by atoms with Crippen molar-refractivity contribution >= 4 is 21.9 Å². The molecule has 1 amide bonds. The topological polar surface area (TPSA) is 104 Å². The average Bonchev–Trinajstić information content (AvgIpc) is 3.02. The van der Waals surface area contributed by atoms with Gasteiger partial charge >= 0.3 is 5.97 Å². The number of nitrogens with zero attached hydrogens (tertiary/aromatic N) is 1. The lowest BCUT2D eigenvalue weighted by Crippen LogP contribution is -2.51. The Morgan fingerprint density at radius 2 is 2.00 bits per heavy atom. The van der Waals surface area contributed by atoms with Crippen LogP contribution in [-0.4, -0.2) is 48.9 Å². The predicted octanol–water partition coefficient (Wildman–Crippen LogP) is 0.958. The molecule has 1 aromatic rings. The summed E-state index contributed by atoms with van der Waals surface area (Å²) in [7, 11) is -4.01. The highest BCUT2D eigenvalue weighted by Gasteiger charge is 2.37. The van der Waals surface area contributed by atoms with Crippen LogP contribution in [0.2, 0.25) is 0 Å². The number of carbonyl (C=O) groups excluding carboxylic acids is 1. The number of amides is 1. The molecule has 0 aliphatic carbocycles. The third-order valence-corrected chi connectivity index (χ3v) is 5.44. The fourth-order valence-electron chi connectivity index (χ4n) is 2.66. The van der Waals surface area contributed by atoms with Gasteiger partial charge in [-0.2, -0.15) is 4.72 Å². The number of rotatable bonds is 6. The Balaban J connectivity index is 2.17. The number of carboxylic acids is 1. The maximum absolute atomic E-state index is 12.9. The van der Waals surface area contributed by atoms with E-state index in [1.54, 1.807) is 6.92 Å². The number of hydrogen-bond acceptors (Lipinski definition) is 4. The molecule has 2 atom stereocenters. The predicted molar refractivity (Wildman–Crippen MR) is 83.2 cm³/mol. The first-order chi connectivity index (χ1) is 11.3. The summed E-state index contributed by atoms with van der Waals surface area (Å²) in [6.45, 7) is 1.91. The van der Waals surface area contributed by atoms with Crippen molar-refractivity contribution in [2.75, 3.05) is 6.54 Å². The first-order valence-corrected chi connectivity index (χ1v) is 9.05. The number of sulfonamides is 1. The zero-order chi connectivity index (χ0) is 17.9. The summed E-state index contributed by atoms with van der Waals surface area (Å²) in [6.07, 6.45) is 1.08. The van der Waals surface area contributed by atoms with Crippen molar-refractivity contribution in [1.29, 1.82) is 0 Å². The molecule has 7 nitrogen and oxygen atoms in total. The highest BCUT2D eigenvalue weighted by atomic mass is 32.2. The Labute approximate surface area is 139 Å². The molecule has 1 aliphatic heterocycles. The van der Waals surface area contributed by atoms with Crippen molar-refractivity contribution in [3.05, 3.63) is 30.1 Å². The molecule has 132 valence electrons. The Hall–Kier alpha value is -2.00. The number of carboxylic acid groups (broad SMARTS) is 1. The molecule has 0 radical (unpaired) electrons. The van der Waals surface area contributed by atoms with Gasteiger partial charge in [-0.05, 0) is 43.5 Å². The molecule has 0 spiro atoms. The van der Waals surface area contributed by atoms with Gasteiger partial charge in [0.15, 0.2) is 0 Å². The van der Waals surface area contributed by atoms with Crippen LogP contribution in [-0.2, 0) is 19.6 Å². The minimum absolute atomic E-state index is 0.161. The lowest BCUT2D eigenvalue weighted by atomic mass is 10.2. The number of hydrogen-bond donors (Lipinski definition) is 2. The fourth-order valence-corrected chi connectivity index (χ4v) is 3.94. The van der Waals surface area contributed by atoms with Crippen LogP contribution in [0.15, 0.2) is 29.2 Å². The van der Waals surface area contributed by atoms with Gasteiger partial charge in [0.1, 0.15) is 17.9 Å². The van der Waals surface area contributed by atoms with Crippen LogP contribution in [0.1, 0.15) is 26.2 Å². The van der Waals surface area contributed by atoms with E-state index in [0.29, 0.717) is 12.8 Å². The third kappa shape index (κ3) is 3.90. The Morgan fingerprint density at radius 1 is 1.38 bits per heavy atom. The van der Waals surface area contributed by atoms with E-state index in [2.05, 4.69) is 4.72 Å². The summed E-state index contributed by atoms with van der Waals surface area (Å²) in [5, 5.41) is 9.16. The highest BCUT2D eigenvalue weighted by molar-refractivity contribution is 7.89. The van der Waals surface area contributed by atoms with Gasteiger partial charge in [0.2, 0.25) is 15.9 Å². The number of nitrogens with one attached hydrogen (secondary N) is 1. The number of aliphatic carboxylic acids is 1. The summed E-state index contributed by atoms with van der Waals surface area (Å²) < 4.78 is 39.9. The molecule has 9 heteroatoms. The van der Waals surface area contributed by atoms with Crippen molar-refractivity contribution in [1.82, 2.24) is 9.62 Å². The van der Waals surface area contributed by atoms with Crippen LogP contribution in [0.3, 0.4) is 0 Å². The molecular weight excluding hydrogens is 339 g/mol. The molecule has 1 heterocycles. The second-order valence-electron chi connectivity index (χ2n) is 5.56. The minimum atomic E-state index is -4.01. The SMILES string of the molecule is CCC(NS(=O)(=O)c1ccc(F)cc1)C(=O)N1CCCC1C(=O)O. The van der Waals surface area contributed by atoms with Gasteiger partial charge in [0.25, 0.3) is 0 Å². The molecule has 2 unspecified atom stereocenters. The molecule has 0 aromatic heterocycles. The van der Waals surface area contributed by atoms with E-state index in [0.717, 1.165) is 24.3 Å². The number of benzene rings is 1.